The fraction of sp³-hybridized carbons (Fsp3) is 1.00. The molecule has 0 bridgehead atoms. The third-order valence-electron chi connectivity index (χ3n) is 0. The first-order chi connectivity index (χ1) is 0. The van der Waals surface area contributed by atoms with Gasteiger partial charge in [0.15, 0.2) is 0 Å². The molecule has 12 heteroatoms. The maximum absolute atomic E-state index is 0. The molecule has 0 N–H and O–H groups in total. The first-order valence-corrected chi connectivity index (χ1v) is 0. The van der Waals surface area contributed by atoms with Crippen LogP contribution in [0.2, 0.25) is 0 Å². The fourth-order valence-corrected chi connectivity index (χ4v) is 0. The van der Waals surface area contributed by atoms with E-state index in [2.05, 4.69) is 0 Å². The van der Waals surface area contributed by atoms with Crippen molar-refractivity contribution in [2.75, 3.05) is 0 Å². The van der Waals surface area contributed by atoms with E-state index in [-0.39, 0.29) is 388 Å². The number of hydrogen-bond donors (Lipinski definition) is 0. The third kappa shape index (κ3) is 86.2. The summed E-state index contributed by atoms with van der Waals surface area (Å²) < 4.78 is 0. The zero-order chi connectivity index (χ0) is 0. The van der Waals surface area contributed by atoms with Crippen LogP contribution in [-0.4, -0.2) is 0 Å². The van der Waals surface area contributed by atoms with Gasteiger partial charge < -0.3 is 0 Å². The van der Waals surface area contributed by atoms with Crippen molar-refractivity contribution >= 4 is 0 Å². The summed E-state index contributed by atoms with van der Waals surface area (Å²) in [6.45, 7) is 0. The van der Waals surface area contributed by atoms with Crippen LogP contribution < -0.4 is 0 Å². The number of rotatable bonds is 0. The number of hydrogen-bond acceptors (Lipinski definition) is 0. The molecule has 64 valence electrons. The van der Waals surface area contributed by atoms with Gasteiger partial charge in [-0.05, 0) is 0 Å². The molecule has 0 rings (SSSR count). The van der Waals surface area contributed by atoms with Crippen LogP contribution in [0.1, 0.15) is 14.9 Å². The van der Waals surface area contributed by atoms with Gasteiger partial charge in [-0.3, -0.25) is 0 Å². The predicted molar refractivity (Wildman–Crippen MR) is 13.5 cm³/mol. The Kier molecular flexibility index (Phi) is 764. The van der Waals surface area contributed by atoms with E-state index >= 15 is 0 Å². The van der Waals surface area contributed by atoms with Gasteiger partial charge in [-0.2, -0.15) is 0 Å². The average Bonchev–Trinajstić information content (AvgIpc) is 0. The van der Waals surface area contributed by atoms with Crippen LogP contribution >= 0.6 is 0 Å². The molecule has 0 aromatic carbocycles. The Bertz CT molecular complexity index is 8.28. The van der Waals surface area contributed by atoms with Crippen molar-refractivity contribution in [3.63, 3.8) is 0 Å². The smallest absolute Gasteiger partial charge is 0 e. The average molecular weight is 2890 g/mol. The van der Waals surface area contributed by atoms with Crippen LogP contribution in [0.15, 0.2) is 0 Å². The van der Waals surface area contributed by atoms with Gasteiger partial charge in [0, 0.05) is 373 Å². The van der Waals surface area contributed by atoms with Crippen LogP contribution in [-0.2, 0) is 0 Å². The fourth-order valence-electron chi connectivity index (χ4n) is 0. The molecule has 0 radical (unpaired) electrons. The van der Waals surface area contributed by atoms with Crippen molar-refractivity contribution in [3.05, 3.63) is 0 Å². The van der Waals surface area contributed by atoms with Gasteiger partial charge >= 0.3 is 0 Å². The standard InChI is InChI=1S/2CH4.12U/h2*1H4;;;;;;;;;;;;. The molecule has 0 saturated carbocycles. The SMILES string of the molecule is C.C.[U].[U].[U].[U].[U].[U].[U].[U].[U].[U].[U].[U]. The molecule has 0 aliphatic carbocycles. The Morgan fingerprint density at radius 3 is 0.143 bits per heavy atom. The molecule has 14 heavy (non-hydrogen) atoms. The molecule has 0 unspecified atom stereocenters. The van der Waals surface area contributed by atoms with E-state index < -0.39 is 0 Å². The summed E-state index contributed by atoms with van der Waals surface area (Å²) in [4.78, 5) is 0. The van der Waals surface area contributed by atoms with Gasteiger partial charge in [0.25, 0.3) is 0 Å². The Labute approximate surface area is 375 Å². The minimum absolute atomic E-state index is 0. The summed E-state index contributed by atoms with van der Waals surface area (Å²) in [5, 5.41) is 0. The summed E-state index contributed by atoms with van der Waals surface area (Å²) in [6, 6.07) is 0. The molecule has 0 aliphatic heterocycles. The van der Waals surface area contributed by atoms with E-state index in [0.29, 0.717) is 0 Å². The molecular weight excluding hydrogens is 2880 g/mol. The van der Waals surface area contributed by atoms with Crippen LogP contribution in [0.5, 0.6) is 0 Å². The minimum atomic E-state index is 0. The largest absolute Gasteiger partial charge is 0.0776 e. The quantitative estimate of drug-likeness (QED) is 0.344. The van der Waals surface area contributed by atoms with Gasteiger partial charge in [0.1, 0.15) is 0 Å². The van der Waals surface area contributed by atoms with Gasteiger partial charge in [-0.25, -0.2) is 0 Å². The van der Waals surface area contributed by atoms with Crippen LogP contribution in [0.4, 0.5) is 0 Å². The first-order valence-electron chi connectivity index (χ1n) is 0. The van der Waals surface area contributed by atoms with Crippen molar-refractivity contribution in [2.45, 2.75) is 14.9 Å². The zero-order valence-corrected chi connectivity index (χ0v) is 56.0. The second kappa shape index (κ2) is 97.5. The van der Waals surface area contributed by atoms with Crippen molar-refractivity contribution in [2.24, 2.45) is 0 Å². The molecule has 0 fully saturated rings. The second-order valence-corrected chi connectivity index (χ2v) is 0. The van der Waals surface area contributed by atoms with E-state index in [1.54, 1.807) is 0 Å². The maximum Gasteiger partial charge on any atom is 0 e. The van der Waals surface area contributed by atoms with E-state index in [9.17, 15) is 0 Å². The van der Waals surface area contributed by atoms with E-state index in [1.165, 1.54) is 0 Å². The van der Waals surface area contributed by atoms with Crippen molar-refractivity contribution in [1.29, 1.82) is 0 Å². The third-order valence-corrected chi connectivity index (χ3v) is 0. The van der Waals surface area contributed by atoms with Gasteiger partial charge in [-0.1, -0.05) is 14.9 Å². The Morgan fingerprint density at radius 1 is 0.143 bits per heavy atom. The normalized spacial score (nSPS) is 0. The van der Waals surface area contributed by atoms with Crippen molar-refractivity contribution in [3.8, 4) is 0 Å². The summed E-state index contributed by atoms with van der Waals surface area (Å²) in [5.74, 6) is 0. The maximum atomic E-state index is 0. The first kappa shape index (κ1) is 110. The summed E-state index contributed by atoms with van der Waals surface area (Å²) in [5.41, 5.74) is 0. The predicted octanol–water partition coefficient (Wildman–Crippen LogP) is 1.27. The molecule has 0 heterocycles. The molecule has 0 amide bonds. The summed E-state index contributed by atoms with van der Waals surface area (Å²) >= 11 is 0. The second-order valence-electron chi connectivity index (χ2n) is 0. The Morgan fingerprint density at radius 2 is 0.143 bits per heavy atom. The van der Waals surface area contributed by atoms with E-state index in [4.69, 9.17) is 0 Å². The van der Waals surface area contributed by atoms with Crippen molar-refractivity contribution in [1.82, 2.24) is 0 Å². The molecule has 0 saturated heterocycles. The van der Waals surface area contributed by atoms with E-state index in [1.807, 2.05) is 0 Å². The molecular formula is C2H8U12. The summed E-state index contributed by atoms with van der Waals surface area (Å²) in [7, 11) is 0. The zero-order valence-electron chi connectivity index (χ0n) is 6.00. The van der Waals surface area contributed by atoms with Gasteiger partial charge in [-0.15, -0.1) is 0 Å². The van der Waals surface area contributed by atoms with Crippen LogP contribution in [0.25, 0.3) is 0 Å². The molecule has 0 aromatic heterocycles. The van der Waals surface area contributed by atoms with Gasteiger partial charge in [0.2, 0.25) is 0 Å². The minimum Gasteiger partial charge on any atom is -0.0776 e. The summed E-state index contributed by atoms with van der Waals surface area (Å²) in [6.07, 6.45) is 0. The molecule has 0 spiro atoms. The Hall–Kier alpha value is 12.6. The van der Waals surface area contributed by atoms with Crippen LogP contribution in [0.3, 0.4) is 0 Å². The Balaban J connectivity index is 0. The topological polar surface area (TPSA) is 0 Å². The molecule has 0 aliphatic rings. The molecule has 0 aromatic rings. The molecule has 0 atom stereocenters. The monoisotopic (exact) mass is 2890 g/mol. The van der Waals surface area contributed by atoms with Gasteiger partial charge in [0.05, 0.1) is 0 Å². The molecule has 0 nitrogen and oxygen atoms in total. The van der Waals surface area contributed by atoms with E-state index in [0.717, 1.165) is 0 Å². The van der Waals surface area contributed by atoms with Crippen molar-refractivity contribution < 1.29 is 373 Å². The van der Waals surface area contributed by atoms with Crippen LogP contribution in [0, 0.1) is 373 Å².